The highest BCUT2D eigenvalue weighted by molar-refractivity contribution is 5.96. The molecule has 0 radical (unpaired) electrons. The number of benzene rings is 1. The summed E-state index contributed by atoms with van der Waals surface area (Å²) in [7, 11) is 3.46. The number of piperidine rings is 1. The van der Waals surface area contributed by atoms with E-state index in [0.717, 1.165) is 53.9 Å². The summed E-state index contributed by atoms with van der Waals surface area (Å²) in [6, 6.07) is 8.21. The van der Waals surface area contributed by atoms with Crippen LogP contribution in [0.5, 0.6) is 0 Å². The van der Waals surface area contributed by atoms with Gasteiger partial charge in [0.25, 0.3) is 0 Å². The Hall–Kier alpha value is -3.67. The van der Waals surface area contributed by atoms with Gasteiger partial charge in [0.2, 0.25) is 0 Å². The lowest BCUT2D eigenvalue weighted by Gasteiger charge is -2.32. The molecule has 1 aliphatic heterocycles. The predicted molar refractivity (Wildman–Crippen MR) is 119 cm³/mol. The van der Waals surface area contributed by atoms with Crippen LogP contribution >= 0.6 is 0 Å². The second-order valence-electron chi connectivity index (χ2n) is 7.63. The zero-order valence-corrected chi connectivity index (χ0v) is 18.5. The topological polar surface area (TPSA) is 120 Å². The van der Waals surface area contributed by atoms with Crippen LogP contribution < -0.4 is 10.2 Å². The summed E-state index contributed by atoms with van der Waals surface area (Å²) in [5.41, 5.74) is 3.10. The fourth-order valence-electron chi connectivity index (χ4n) is 3.56. The first-order valence-corrected chi connectivity index (χ1v) is 10.4. The lowest BCUT2D eigenvalue weighted by atomic mass is 10.1. The molecule has 3 heterocycles. The second-order valence-corrected chi connectivity index (χ2v) is 7.63. The fraction of sp³-hybridized carbons (Fsp3) is 0.364. The second kappa shape index (κ2) is 10.5. The first-order valence-electron chi connectivity index (χ1n) is 10.4. The van der Waals surface area contributed by atoms with Crippen molar-refractivity contribution in [2.24, 2.45) is 0 Å². The summed E-state index contributed by atoms with van der Waals surface area (Å²) < 4.78 is 36.5. The minimum Gasteiger partial charge on any atom is -0.475 e. The highest BCUT2D eigenvalue weighted by atomic mass is 19.4. The number of nitrogens with zero attached hydrogens (tertiary/aromatic N) is 3. The van der Waals surface area contributed by atoms with Crippen molar-refractivity contribution in [1.82, 2.24) is 20.3 Å². The Morgan fingerprint density at radius 3 is 2.47 bits per heavy atom. The molecule has 182 valence electrons. The van der Waals surface area contributed by atoms with Gasteiger partial charge in [-0.25, -0.2) is 14.6 Å². The number of ether oxygens (including phenoxy) is 1. The van der Waals surface area contributed by atoms with E-state index in [1.54, 1.807) is 12.3 Å². The molecule has 0 unspecified atom stereocenters. The van der Waals surface area contributed by atoms with E-state index in [1.807, 2.05) is 24.4 Å². The van der Waals surface area contributed by atoms with Gasteiger partial charge in [0.15, 0.2) is 0 Å². The molecule has 2 aromatic heterocycles. The molecule has 0 bridgehead atoms. The first kappa shape index (κ1) is 25.0. The lowest BCUT2D eigenvalue weighted by molar-refractivity contribution is -0.192. The van der Waals surface area contributed by atoms with Gasteiger partial charge in [-0.05, 0) is 44.1 Å². The molecular formula is C22H24F3N5O4. The van der Waals surface area contributed by atoms with Crippen molar-refractivity contribution in [3.8, 4) is 11.3 Å². The molecule has 34 heavy (non-hydrogen) atoms. The molecule has 0 spiro atoms. The van der Waals surface area contributed by atoms with Crippen LogP contribution in [0.3, 0.4) is 0 Å². The number of hydrogen-bond donors (Lipinski definition) is 3. The number of carboxylic acid groups (broad SMARTS) is 1. The normalized spacial score (nSPS) is 14.3. The average Bonchev–Trinajstić information content (AvgIpc) is 3.27. The van der Waals surface area contributed by atoms with E-state index >= 15 is 0 Å². The number of methoxy groups -OCH3 is 1. The number of carboxylic acids is 1. The minimum atomic E-state index is -5.08. The smallest absolute Gasteiger partial charge is 0.475 e. The molecule has 12 heteroatoms. The first-order chi connectivity index (χ1) is 16.1. The Morgan fingerprint density at radius 1 is 1.18 bits per heavy atom. The molecule has 0 atom stereocenters. The average molecular weight is 479 g/mol. The van der Waals surface area contributed by atoms with Crippen LogP contribution in [0.1, 0.15) is 23.3 Å². The van der Waals surface area contributed by atoms with Crippen molar-refractivity contribution in [2.45, 2.75) is 25.1 Å². The zero-order chi connectivity index (χ0) is 24.9. The van der Waals surface area contributed by atoms with Crippen LogP contribution in [0.25, 0.3) is 22.2 Å². The van der Waals surface area contributed by atoms with Crippen LogP contribution in [0, 0.1) is 0 Å². The number of carbonyl (C=O) groups is 2. The van der Waals surface area contributed by atoms with Gasteiger partial charge in [-0.2, -0.15) is 13.2 Å². The molecule has 1 aliphatic rings. The Labute approximate surface area is 193 Å². The minimum absolute atomic E-state index is 0.377. The van der Waals surface area contributed by atoms with Crippen molar-refractivity contribution >= 4 is 28.7 Å². The van der Waals surface area contributed by atoms with Gasteiger partial charge in [0, 0.05) is 29.6 Å². The Bertz CT molecular complexity index is 1160. The summed E-state index contributed by atoms with van der Waals surface area (Å²) >= 11 is 0. The number of H-pyrrole nitrogens is 1. The van der Waals surface area contributed by atoms with Crippen LogP contribution in [0.2, 0.25) is 0 Å². The van der Waals surface area contributed by atoms with Crippen molar-refractivity contribution in [3.63, 3.8) is 0 Å². The SMILES string of the molecule is COC(=O)c1cc2cc(-c3cncc(N(C)C4CCNCC4)n3)ccc2[nH]1.O=C(O)C(F)(F)F. The van der Waals surface area contributed by atoms with Crippen LogP contribution in [0.15, 0.2) is 36.7 Å². The van der Waals surface area contributed by atoms with E-state index in [1.165, 1.54) is 7.11 Å². The maximum atomic E-state index is 11.7. The molecule has 3 N–H and O–H groups in total. The summed E-state index contributed by atoms with van der Waals surface area (Å²) in [4.78, 5) is 35.1. The van der Waals surface area contributed by atoms with Crippen LogP contribution in [-0.2, 0) is 9.53 Å². The number of rotatable bonds is 4. The third-order valence-corrected chi connectivity index (χ3v) is 5.40. The number of nitrogens with one attached hydrogen (secondary N) is 2. The molecule has 4 rings (SSSR count). The summed E-state index contributed by atoms with van der Waals surface area (Å²) in [6.07, 6.45) is 0.715. The largest absolute Gasteiger partial charge is 0.490 e. The quantitative estimate of drug-likeness (QED) is 0.488. The van der Waals surface area contributed by atoms with Crippen LogP contribution in [-0.4, -0.2) is 71.5 Å². The van der Waals surface area contributed by atoms with Gasteiger partial charge in [0.1, 0.15) is 11.5 Å². The standard InChI is InChI=1S/C20H23N5O2.C2HF3O2/c1-25(15-5-7-21-8-6-15)19-12-22-11-18(24-19)13-3-4-16-14(9-13)10-17(23-16)20(26)27-2;3-2(4,5)1(6)7/h3-4,9-12,15,21,23H,5-8H2,1-2H3;(H,6,7). The fourth-order valence-corrected chi connectivity index (χ4v) is 3.56. The van der Waals surface area contributed by atoms with Gasteiger partial charge in [-0.1, -0.05) is 6.07 Å². The Morgan fingerprint density at radius 2 is 1.85 bits per heavy atom. The molecule has 3 aromatic rings. The monoisotopic (exact) mass is 479 g/mol. The van der Waals surface area contributed by atoms with Crippen molar-refractivity contribution in [3.05, 3.63) is 42.4 Å². The van der Waals surface area contributed by atoms with Gasteiger partial charge >= 0.3 is 18.1 Å². The molecule has 1 saturated heterocycles. The summed E-state index contributed by atoms with van der Waals surface area (Å²) in [5.74, 6) is -2.26. The highest BCUT2D eigenvalue weighted by Crippen LogP contribution is 2.26. The zero-order valence-electron chi connectivity index (χ0n) is 18.5. The lowest BCUT2D eigenvalue weighted by Crippen LogP contribution is -2.41. The van der Waals surface area contributed by atoms with E-state index in [0.29, 0.717) is 11.7 Å². The van der Waals surface area contributed by atoms with Gasteiger partial charge in [-0.15, -0.1) is 0 Å². The van der Waals surface area contributed by atoms with Crippen LogP contribution in [0.4, 0.5) is 19.0 Å². The van der Waals surface area contributed by atoms with E-state index in [4.69, 9.17) is 19.6 Å². The Kier molecular flexibility index (Phi) is 7.72. The van der Waals surface area contributed by atoms with E-state index in [2.05, 4.69) is 27.2 Å². The maximum absolute atomic E-state index is 11.7. The molecule has 0 amide bonds. The number of carbonyl (C=O) groups excluding carboxylic acids is 1. The van der Waals surface area contributed by atoms with E-state index in [-0.39, 0.29) is 5.97 Å². The number of anilines is 1. The van der Waals surface area contributed by atoms with E-state index in [9.17, 15) is 18.0 Å². The molecule has 9 nitrogen and oxygen atoms in total. The van der Waals surface area contributed by atoms with Crippen molar-refractivity contribution < 1.29 is 32.6 Å². The number of aliphatic carboxylic acids is 1. The van der Waals surface area contributed by atoms with Crippen molar-refractivity contribution in [2.75, 3.05) is 32.1 Å². The number of esters is 1. The van der Waals surface area contributed by atoms with Crippen molar-refractivity contribution in [1.29, 1.82) is 0 Å². The van der Waals surface area contributed by atoms with Gasteiger partial charge in [0.05, 0.1) is 25.2 Å². The number of halogens is 3. The number of hydrogen-bond acceptors (Lipinski definition) is 7. The molecule has 1 aromatic carbocycles. The molecule has 0 saturated carbocycles. The van der Waals surface area contributed by atoms with Gasteiger partial charge < -0.3 is 25.0 Å². The third-order valence-electron chi connectivity index (χ3n) is 5.40. The number of alkyl halides is 3. The maximum Gasteiger partial charge on any atom is 0.490 e. The highest BCUT2D eigenvalue weighted by Gasteiger charge is 2.38. The summed E-state index contributed by atoms with van der Waals surface area (Å²) in [5, 5.41) is 11.5. The number of aromatic amines is 1. The number of aromatic nitrogens is 3. The van der Waals surface area contributed by atoms with Gasteiger partial charge in [-0.3, -0.25) is 4.98 Å². The number of fused-ring (bicyclic) bond motifs is 1. The molecule has 1 fully saturated rings. The predicted octanol–water partition coefficient (Wildman–Crippen LogP) is 3.23. The van der Waals surface area contributed by atoms with E-state index < -0.39 is 12.1 Å². The summed E-state index contributed by atoms with van der Waals surface area (Å²) in [6.45, 7) is 2.07. The molecular weight excluding hydrogens is 455 g/mol. The molecule has 0 aliphatic carbocycles. The third kappa shape index (κ3) is 6.01. The Balaban J connectivity index is 0.000000406.